The van der Waals surface area contributed by atoms with Crippen molar-refractivity contribution in [1.82, 2.24) is 5.43 Å². The van der Waals surface area contributed by atoms with Crippen LogP contribution in [0.1, 0.15) is 31.8 Å². The summed E-state index contributed by atoms with van der Waals surface area (Å²) in [4.78, 5) is 34.6. The number of anilines is 1. The van der Waals surface area contributed by atoms with E-state index in [-0.39, 0.29) is 11.6 Å². The van der Waals surface area contributed by atoms with Crippen LogP contribution in [-0.4, -0.2) is 23.0 Å². The number of nitro benzene ring substituents is 1. The average molecular weight is 402 g/mol. The van der Waals surface area contributed by atoms with Crippen molar-refractivity contribution < 1.29 is 14.5 Å². The molecule has 30 heavy (non-hydrogen) atoms. The molecule has 0 saturated heterocycles. The Bertz CT molecular complexity index is 1110. The zero-order chi connectivity index (χ0) is 21.5. The lowest BCUT2D eigenvalue weighted by atomic mass is 10.1. The van der Waals surface area contributed by atoms with Crippen molar-refractivity contribution in [1.29, 1.82) is 0 Å². The van der Waals surface area contributed by atoms with E-state index in [1.165, 1.54) is 30.5 Å². The van der Waals surface area contributed by atoms with E-state index in [0.717, 1.165) is 5.56 Å². The fraction of sp³-hybridized carbons (Fsp3) is 0.0455. The molecule has 0 aliphatic carbocycles. The third-order valence-electron chi connectivity index (χ3n) is 4.17. The van der Waals surface area contributed by atoms with Crippen LogP contribution < -0.4 is 10.7 Å². The molecule has 3 aromatic carbocycles. The first-order chi connectivity index (χ1) is 14.4. The Balaban J connectivity index is 1.56. The summed E-state index contributed by atoms with van der Waals surface area (Å²) in [6.07, 6.45) is 1.39. The number of aryl methyl sites for hydroxylation is 1. The van der Waals surface area contributed by atoms with Crippen LogP contribution in [0.5, 0.6) is 0 Å². The summed E-state index contributed by atoms with van der Waals surface area (Å²) in [5.41, 5.74) is 5.44. The van der Waals surface area contributed by atoms with Crippen LogP contribution in [0, 0.1) is 17.0 Å². The first kappa shape index (κ1) is 20.4. The number of carbonyl (C=O) groups excluding carboxylic acids is 2. The van der Waals surface area contributed by atoms with Crippen molar-refractivity contribution in [2.24, 2.45) is 5.10 Å². The summed E-state index contributed by atoms with van der Waals surface area (Å²) in [6.45, 7) is 1.91. The second-order valence-electron chi connectivity index (χ2n) is 6.45. The van der Waals surface area contributed by atoms with Gasteiger partial charge in [-0.2, -0.15) is 5.10 Å². The molecule has 0 aliphatic rings. The number of non-ortho nitro benzene ring substituents is 1. The largest absolute Gasteiger partial charge is 0.322 e. The third-order valence-corrected chi connectivity index (χ3v) is 4.17. The minimum absolute atomic E-state index is 0.0224. The Morgan fingerprint density at radius 1 is 0.933 bits per heavy atom. The molecular formula is C22H18N4O4. The van der Waals surface area contributed by atoms with Gasteiger partial charge < -0.3 is 5.32 Å². The van der Waals surface area contributed by atoms with Gasteiger partial charge in [-0.05, 0) is 61.0 Å². The lowest BCUT2D eigenvalue weighted by molar-refractivity contribution is -0.384. The van der Waals surface area contributed by atoms with Crippen molar-refractivity contribution in [3.05, 3.63) is 105 Å². The number of hydrazone groups is 1. The van der Waals surface area contributed by atoms with Crippen molar-refractivity contribution in [3.63, 3.8) is 0 Å². The normalized spacial score (nSPS) is 10.6. The van der Waals surface area contributed by atoms with Gasteiger partial charge in [-0.15, -0.1) is 0 Å². The number of amides is 2. The molecule has 8 heteroatoms. The second kappa shape index (κ2) is 9.24. The zero-order valence-corrected chi connectivity index (χ0v) is 16.0. The van der Waals surface area contributed by atoms with Crippen LogP contribution in [0.3, 0.4) is 0 Å². The van der Waals surface area contributed by atoms with Crippen LogP contribution >= 0.6 is 0 Å². The van der Waals surface area contributed by atoms with Gasteiger partial charge in [-0.1, -0.05) is 17.7 Å². The Morgan fingerprint density at radius 2 is 1.63 bits per heavy atom. The maximum atomic E-state index is 12.3. The lowest BCUT2D eigenvalue weighted by Gasteiger charge is -2.07. The molecule has 2 N–H and O–H groups in total. The van der Waals surface area contributed by atoms with Crippen LogP contribution in [-0.2, 0) is 0 Å². The SMILES string of the molecule is Cc1cccc(C(=O)Nc2ccc(C(=O)N/N=C/c3ccc([N+](=O)[O-])cc3)cc2)c1. The number of rotatable bonds is 6. The second-order valence-corrected chi connectivity index (χ2v) is 6.45. The van der Waals surface area contributed by atoms with Gasteiger partial charge in [-0.3, -0.25) is 19.7 Å². The summed E-state index contributed by atoms with van der Waals surface area (Å²) in [7, 11) is 0. The number of hydrogen-bond donors (Lipinski definition) is 2. The van der Waals surface area contributed by atoms with E-state index in [4.69, 9.17) is 0 Å². The number of hydrogen-bond acceptors (Lipinski definition) is 5. The minimum Gasteiger partial charge on any atom is -0.322 e. The highest BCUT2D eigenvalue weighted by Gasteiger charge is 2.08. The van der Waals surface area contributed by atoms with Gasteiger partial charge in [0.15, 0.2) is 0 Å². The van der Waals surface area contributed by atoms with Gasteiger partial charge in [-0.25, -0.2) is 5.43 Å². The highest BCUT2D eigenvalue weighted by molar-refractivity contribution is 6.04. The van der Waals surface area contributed by atoms with Crippen LogP contribution in [0.25, 0.3) is 0 Å². The monoisotopic (exact) mass is 402 g/mol. The number of carbonyl (C=O) groups is 2. The summed E-state index contributed by atoms with van der Waals surface area (Å²) >= 11 is 0. The summed E-state index contributed by atoms with van der Waals surface area (Å²) in [6, 6.07) is 19.4. The van der Waals surface area contributed by atoms with Crippen molar-refractivity contribution in [2.75, 3.05) is 5.32 Å². The molecule has 0 saturated carbocycles. The standard InChI is InChI=1S/C22H18N4O4/c1-15-3-2-4-18(13-15)21(27)24-19-9-7-17(8-10-19)22(28)25-23-14-16-5-11-20(12-6-16)26(29)30/h2-14H,1H3,(H,24,27)(H,25,28)/b23-14+. The minimum atomic E-state index is -0.490. The van der Waals surface area contributed by atoms with Gasteiger partial charge in [0.05, 0.1) is 11.1 Å². The van der Waals surface area contributed by atoms with E-state index in [0.29, 0.717) is 22.4 Å². The van der Waals surface area contributed by atoms with Gasteiger partial charge in [0.2, 0.25) is 0 Å². The first-order valence-electron chi connectivity index (χ1n) is 8.98. The highest BCUT2D eigenvalue weighted by atomic mass is 16.6. The molecule has 0 radical (unpaired) electrons. The van der Waals surface area contributed by atoms with Gasteiger partial charge in [0.25, 0.3) is 17.5 Å². The maximum Gasteiger partial charge on any atom is 0.271 e. The number of benzene rings is 3. The van der Waals surface area contributed by atoms with Crippen molar-refractivity contribution >= 4 is 29.4 Å². The fourth-order valence-electron chi connectivity index (χ4n) is 2.61. The Labute approximate surface area is 172 Å². The molecule has 0 spiro atoms. The molecule has 0 atom stereocenters. The fourth-order valence-corrected chi connectivity index (χ4v) is 2.61. The van der Waals surface area contributed by atoms with E-state index in [1.54, 1.807) is 36.4 Å². The highest BCUT2D eigenvalue weighted by Crippen LogP contribution is 2.13. The predicted molar refractivity (Wildman–Crippen MR) is 114 cm³/mol. The maximum absolute atomic E-state index is 12.3. The molecule has 0 bridgehead atoms. The van der Waals surface area contributed by atoms with E-state index < -0.39 is 10.8 Å². The van der Waals surface area contributed by atoms with Crippen LogP contribution in [0.15, 0.2) is 77.9 Å². The predicted octanol–water partition coefficient (Wildman–Crippen LogP) is 3.92. The molecule has 0 aromatic heterocycles. The lowest BCUT2D eigenvalue weighted by Crippen LogP contribution is -2.17. The zero-order valence-electron chi connectivity index (χ0n) is 16.0. The molecule has 3 rings (SSSR count). The molecule has 0 heterocycles. The summed E-state index contributed by atoms with van der Waals surface area (Å²) < 4.78 is 0. The summed E-state index contributed by atoms with van der Waals surface area (Å²) in [5, 5.41) is 17.3. The summed E-state index contributed by atoms with van der Waals surface area (Å²) in [5.74, 6) is -0.659. The van der Waals surface area contributed by atoms with Gasteiger partial charge in [0.1, 0.15) is 0 Å². The Morgan fingerprint density at radius 3 is 2.27 bits per heavy atom. The molecule has 2 amide bonds. The molecule has 150 valence electrons. The average Bonchev–Trinajstić information content (AvgIpc) is 2.74. The van der Waals surface area contributed by atoms with Gasteiger partial charge >= 0.3 is 0 Å². The number of nitro groups is 1. The van der Waals surface area contributed by atoms with Crippen LogP contribution in [0.2, 0.25) is 0 Å². The van der Waals surface area contributed by atoms with Gasteiger partial charge in [0, 0.05) is 28.9 Å². The number of nitrogens with one attached hydrogen (secondary N) is 2. The number of nitrogens with zero attached hydrogens (tertiary/aromatic N) is 2. The first-order valence-corrected chi connectivity index (χ1v) is 8.98. The third kappa shape index (κ3) is 5.35. The van der Waals surface area contributed by atoms with E-state index in [2.05, 4.69) is 15.8 Å². The molecular weight excluding hydrogens is 384 g/mol. The van der Waals surface area contributed by atoms with Crippen LogP contribution in [0.4, 0.5) is 11.4 Å². The quantitative estimate of drug-likeness (QED) is 0.369. The molecule has 0 unspecified atom stereocenters. The Hall–Kier alpha value is -4.33. The smallest absolute Gasteiger partial charge is 0.271 e. The van der Waals surface area contributed by atoms with E-state index in [9.17, 15) is 19.7 Å². The van der Waals surface area contributed by atoms with E-state index in [1.807, 2.05) is 19.1 Å². The van der Waals surface area contributed by atoms with Crippen molar-refractivity contribution in [3.8, 4) is 0 Å². The Kier molecular flexibility index (Phi) is 6.29. The molecule has 3 aromatic rings. The molecule has 0 aliphatic heterocycles. The van der Waals surface area contributed by atoms with E-state index >= 15 is 0 Å². The topological polar surface area (TPSA) is 114 Å². The molecule has 8 nitrogen and oxygen atoms in total. The molecule has 0 fully saturated rings. The van der Waals surface area contributed by atoms with Crippen molar-refractivity contribution in [2.45, 2.75) is 6.92 Å².